The fourth-order valence-electron chi connectivity index (χ4n) is 3.18. The van der Waals surface area contributed by atoms with Crippen LogP contribution in [0.15, 0.2) is 72.0 Å². The summed E-state index contributed by atoms with van der Waals surface area (Å²) in [5.74, 6) is -0.663. The molecule has 0 radical (unpaired) electrons. The van der Waals surface area contributed by atoms with E-state index in [0.717, 1.165) is 48.2 Å². The zero-order chi connectivity index (χ0) is 26.8. The molecule has 14 heteroatoms. The molecule has 4 rings (SSSR count). The molecule has 2 aromatic carbocycles. The van der Waals surface area contributed by atoms with Crippen molar-refractivity contribution >= 4 is 35.0 Å². The SMILES string of the molecule is O=C(CSc1nnc(-c2ccc(Cl)nc2)n1-c1cccc(C(F)(F)F)c1)Nc1ccc(C(F)(F)F)cc1. The second kappa shape index (κ2) is 10.4. The van der Waals surface area contributed by atoms with Gasteiger partial charge in [0.1, 0.15) is 5.15 Å². The maximum atomic E-state index is 13.3. The lowest BCUT2D eigenvalue weighted by atomic mass is 10.2. The van der Waals surface area contributed by atoms with Crippen molar-refractivity contribution < 1.29 is 31.1 Å². The van der Waals surface area contributed by atoms with Crippen LogP contribution in [0.5, 0.6) is 0 Å². The van der Waals surface area contributed by atoms with Crippen LogP contribution < -0.4 is 5.32 Å². The number of aromatic nitrogens is 4. The van der Waals surface area contributed by atoms with Gasteiger partial charge in [0.05, 0.1) is 22.6 Å². The highest BCUT2D eigenvalue weighted by Crippen LogP contribution is 2.34. The first-order valence-electron chi connectivity index (χ1n) is 10.3. The van der Waals surface area contributed by atoms with E-state index in [9.17, 15) is 31.1 Å². The summed E-state index contributed by atoms with van der Waals surface area (Å²) in [6, 6.07) is 11.4. The van der Waals surface area contributed by atoms with Gasteiger partial charge in [0.25, 0.3) is 0 Å². The normalized spacial score (nSPS) is 12.0. The number of rotatable bonds is 6. The number of halogens is 7. The Balaban J connectivity index is 1.60. The van der Waals surface area contributed by atoms with Crippen molar-refractivity contribution in [3.05, 3.63) is 83.1 Å². The number of carbonyl (C=O) groups is 1. The number of nitrogens with zero attached hydrogens (tertiary/aromatic N) is 4. The van der Waals surface area contributed by atoms with Crippen molar-refractivity contribution in [3.63, 3.8) is 0 Å². The molecule has 0 bridgehead atoms. The summed E-state index contributed by atoms with van der Waals surface area (Å²) >= 11 is 6.71. The third-order valence-electron chi connectivity index (χ3n) is 4.88. The van der Waals surface area contributed by atoms with Gasteiger partial charge >= 0.3 is 12.4 Å². The fraction of sp³-hybridized carbons (Fsp3) is 0.130. The van der Waals surface area contributed by atoms with Crippen molar-refractivity contribution in [1.82, 2.24) is 19.7 Å². The van der Waals surface area contributed by atoms with E-state index in [1.165, 1.54) is 29.0 Å². The molecular weight excluding hydrogens is 544 g/mol. The zero-order valence-electron chi connectivity index (χ0n) is 18.3. The molecular formula is C23H14ClF6N5OS. The number of alkyl halides is 6. The highest BCUT2D eigenvalue weighted by molar-refractivity contribution is 7.99. The molecule has 0 aliphatic carbocycles. The molecule has 0 spiro atoms. The fourth-order valence-corrected chi connectivity index (χ4v) is 4.05. The van der Waals surface area contributed by atoms with Crippen LogP contribution in [0.4, 0.5) is 32.0 Å². The second-order valence-corrected chi connectivity index (χ2v) is 8.80. The molecule has 0 aliphatic heterocycles. The molecule has 192 valence electrons. The Labute approximate surface area is 214 Å². The first kappa shape index (κ1) is 26.5. The number of nitrogens with one attached hydrogen (secondary N) is 1. The van der Waals surface area contributed by atoms with Gasteiger partial charge in [-0.1, -0.05) is 29.4 Å². The number of pyridine rings is 1. The van der Waals surface area contributed by atoms with E-state index < -0.39 is 29.4 Å². The number of anilines is 1. The van der Waals surface area contributed by atoms with Crippen LogP contribution in [0, 0.1) is 0 Å². The topological polar surface area (TPSA) is 72.7 Å². The summed E-state index contributed by atoms with van der Waals surface area (Å²) in [6.45, 7) is 0. The predicted octanol–water partition coefficient (Wildman–Crippen LogP) is 6.75. The van der Waals surface area contributed by atoms with Crippen LogP contribution in [-0.2, 0) is 17.1 Å². The number of benzene rings is 2. The van der Waals surface area contributed by atoms with Crippen molar-refractivity contribution in [3.8, 4) is 17.1 Å². The number of amides is 1. The van der Waals surface area contributed by atoms with Gasteiger partial charge in [-0.05, 0) is 54.6 Å². The third-order valence-corrected chi connectivity index (χ3v) is 6.03. The van der Waals surface area contributed by atoms with E-state index in [0.29, 0.717) is 5.56 Å². The van der Waals surface area contributed by atoms with Gasteiger partial charge in [-0.25, -0.2) is 4.98 Å². The Kier molecular flexibility index (Phi) is 7.46. The molecule has 0 saturated carbocycles. The molecule has 6 nitrogen and oxygen atoms in total. The smallest absolute Gasteiger partial charge is 0.325 e. The number of hydrogen-bond acceptors (Lipinski definition) is 5. The van der Waals surface area contributed by atoms with E-state index in [1.807, 2.05) is 0 Å². The van der Waals surface area contributed by atoms with E-state index in [-0.39, 0.29) is 33.3 Å². The minimum absolute atomic E-state index is 0.0930. The third kappa shape index (κ3) is 6.41. The van der Waals surface area contributed by atoms with Gasteiger partial charge < -0.3 is 5.32 Å². The maximum absolute atomic E-state index is 13.3. The average molecular weight is 558 g/mol. The highest BCUT2D eigenvalue weighted by atomic mass is 35.5. The van der Waals surface area contributed by atoms with Crippen molar-refractivity contribution in [2.24, 2.45) is 0 Å². The molecule has 2 heterocycles. The van der Waals surface area contributed by atoms with Crippen LogP contribution in [-0.4, -0.2) is 31.4 Å². The van der Waals surface area contributed by atoms with Gasteiger partial charge in [0.15, 0.2) is 11.0 Å². The Hall–Kier alpha value is -3.58. The quantitative estimate of drug-likeness (QED) is 0.161. The molecule has 0 saturated heterocycles. The van der Waals surface area contributed by atoms with Crippen molar-refractivity contribution in [2.45, 2.75) is 17.5 Å². The molecule has 0 aliphatic rings. The summed E-state index contributed by atoms with van der Waals surface area (Å²) in [6.07, 6.45) is -7.73. The van der Waals surface area contributed by atoms with Crippen molar-refractivity contribution in [1.29, 1.82) is 0 Å². The van der Waals surface area contributed by atoms with E-state index >= 15 is 0 Å². The zero-order valence-corrected chi connectivity index (χ0v) is 19.9. The van der Waals surface area contributed by atoms with E-state index in [2.05, 4.69) is 20.5 Å². The Morgan fingerprint density at radius 3 is 2.24 bits per heavy atom. The van der Waals surface area contributed by atoms with Crippen LogP contribution in [0.3, 0.4) is 0 Å². The molecule has 2 aromatic heterocycles. The summed E-state index contributed by atoms with van der Waals surface area (Å²) in [5, 5.41) is 10.9. The standard InChI is InChI=1S/C23H14ClF6N5OS/c24-18-9-4-13(11-31-18)20-33-34-21(35(20)17-3-1-2-15(10-17)23(28,29)30)37-12-19(36)32-16-7-5-14(6-8-16)22(25,26)27/h1-11H,12H2,(H,32,36). The lowest BCUT2D eigenvalue weighted by Gasteiger charge is -2.13. The van der Waals surface area contributed by atoms with Gasteiger partial charge in [-0.3, -0.25) is 9.36 Å². The first-order chi connectivity index (χ1) is 17.4. The monoisotopic (exact) mass is 557 g/mol. The summed E-state index contributed by atoms with van der Waals surface area (Å²) < 4.78 is 79.5. The molecule has 0 atom stereocenters. The Bertz CT molecular complexity index is 1410. The van der Waals surface area contributed by atoms with E-state index in [1.54, 1.807) is 6.07 Å². The first-order valence-corrected chi connectivity index (χ1v) is 11.6. The number of hydrogen-bond donors (Lipinski definition) is 1. The molecule has 4 aromatic rings. The van der Waals surface area contributed by atoms with Gasteiger partial charge in [0.2, 0.25) is 5.91 Å². The average Bonchev–Trinajstić information content (AvgIpc) is 3.26. The van der Waals surface area contributed by atoms with Crippen LogP contribution in [0.2, 0.25) is 5.15 Å². The van der Waals surface area contributed by atoms with Gasteiger partial charge in [-0.2, -0.15) is 26.3 Å². The van der Waals surface area contributed by atoms with Gasteiger partial charge in [0, 0.05) is 17.4 Å². The van der Waals surface area contributed by atoms with E-state index in [4.69, 9.17) is 11.6 Å². The number of carbonyl (C=O) groups excluding carboxylic acids is 1. The predicted molar refractivity (Wildman–Crippen MR) is 125 cm³/mol. The van der Waals surface area contributed by atoms with Crippen LogP contribution in [0.1, 0.15) is 11.1 Å². The van der Waals surface area contributed by atoms with Crippen molar-refractivity contribution in [2.75, 3.05) is 11.1 Å². The summed E-state index contributed by atoms with van der Waals surface area (Å²) in [7, 11) is 0. The summed E-state index contributed by atoms with van der Waals surface area (Å²) in [4.78, 5) is 16.4. The molecule has 1 amide bonds. The molecule has 0 unspecified atom stereocenters. The largest absolute Gasteiger partial charge is 0.416 e. The lowest BCUT2D eigenvalue weighted by Crippen LogP contribution is -2.15. The molecule has 1 N–H and O–H groups in total. The Morgan fingerprint density at radius 1 is 0.919 bits per heavy atom. The second-order valence-electron chi connectivity index (χ2n) is 7.47. The highest BCUT2D eigenvalue weighted by Gasteiger charge is 2.31. The van der Waals surface area contributed by atoms with Crippen LogP contribution in [0.25, 0.3) is 17.1 Å². The van der Waals surface area contributed by atoms with Crippen LogP contribution >= 0.6 is 23.4 Å². The maximum Gasteiger partial charge on any atom is 0.416 e. The minimum atomic E-state index is -4.60. The number of thioether (sulfide) groups is 1. The molecule has 0 fully saturated rings. The summed E-state index contributed by atoms with van der Waals surface area (Å²) in [5.41, 5.74) is -1.11. The minimum Gasteiger partial charge on any atom is -0.325 e. The Morgan fingerprint density at radius 2 is 1.62 bits per heavy atom. The lowest BCUT2D eigenvalue weighted by molar-refractivity contribution is -0.138. The molecule has 37 heavy (non-hydrogen) atoms. The van der Waals surface area contributed by atoms with Gasteiger partial charge in [-0.15, -0.1) is 10.2 Å².